The van der Waals surface area contributed by atoms with E-state index in [0.717, 1.165) is 0 Å². The van der Waals surface area contributed by atoms with Crippen LogP contribution in [0.3, 0.4) is 0 Å². The number of fused-ring (bicyclic) bond motifs is 1. The molecular formula is C15H16N2S. The van der Waals surface area contributed by atoms with Crippen LogP contribution in [0.15, 0.2) is 48.8 Å². The molecule has 1 N–H and O–H groups in total. The van der Waals surface area contributed by atoms with E-state index in [0.29, 0.717) is 6.04 Å². The second kappa shape index (κ2) is 4.50. The molecule has 3 heteroatoms. The molecule has 2 aromatic heterocycles. The lowest BCUT2D eigenvalue weighted by molar-refractivity contribution is 0.736. The summed E-state index contributed by atoms with van der Waals surface area (Å²) in [5, 5.41) is 1.37. The van der Waals surface area contributed by atoms with Crippen LogP contribution in [0.4, 0.5) is 0 Å². The molecule has 18 heavy (non-hydrogen) atoms. The number of rotatable bonds is 3. The van der Waals surface area contributed by atoms with Crippen LogP contribution in [-0.4, -0.2) is 4.68 Å². The summed E-state index contributed by atoms with van der Waals surface area (Å²) < 4.78 is 3.38. The minimum Gasteiger partial charge on any atom is -0.318 e. The standard InChI is InChI=1S/C15H16N2S/c1-11-13-7-3-4-8-14(13)18-15(11)12(2)16-17-9-5-6-10-17/h3-10,12,16H,1-2H3. The summed E-state index contributed by atoms with van der Waals surface area (Å²) in [6.45, 7) is 4.42. The van der Waals surface area contributed by atoms with Gasteiger partial charge in [0.25, 0.3) is 0 Å². The van der Waals surface area contributed by atoms with Crippen molar-refractivity contribution < 1.29 is 0 Å². The second-order valence-corrected chi connectivity index (χ2v) is 5.61. The number of hydrogen-bond acceptors (Lipinski definition) is 2. The topological polar surface area (TPSA) is 17.0 Å². The Morgan fingerprint density at radius 1 is 1.11 bits per heavy atom. The lowest BCUT2D eigenvalue weighted by Crippen LogP contribution is -2.16. The Balaban J connectivity index is 1.96. The van der Waals surface area contributed by atoms with E-state index in [2.05, 4.69) is 43.5 Å². The summed E-state index contributed by atoms with van der Waals surface area (Å²) in [5.74, 6) is 0. The van der Waals surface area contributed by atoms with Crippen LogP contribution < -0.4 is 5.43 Å². The van der Waals surface area contributed by atoms with Gasteiger partial charge >= 0.3 is 0 Å². The highest BCUT2D eigenvalue weighted by Crippen LogP contribution is 2.34. The van der Waals surface area contributed by atoms with Gasteiger partial charge in [0.1, 0.15) is 0 Å². The lowest BCUT2D eigenvalue weighted by atomic mass is 10.1. The predicted octanol–water partition coefficient (Wildman–Crippen LogP) is 4.32. The number of hydrogen-bond donors (Lipinski definition) is 1. The first-order valence-electron chi connectivity index (χ1n) is 6.13. The number of benzene rings is 1. The van der Waals surface area contributed by atoms with Crippen molar-refractivity contribution in [2.75, 3.05) is 5.43 Å². The molecule has 2 heterocycles. The van der Waals surface area contributed by atoms with Crippen molar-refractivity contribution in [2.45, 2.75) is 19.9 Å². The van der Waals surface area contributed by atoms with Crippen LogP contribution in [0, 0.1) is 6.92 Å². The molecule has 92 valence electrons. The first-order valence-corrected chi connectivity index (χ1v) is 6.95. The van der Waals surface area contributed by atoms with Crippen molar-refractivity contribution in [1.82, 2.24) is 4.68 Å². The van der Waals surface area contributed by atoms with Gasteiger partial charge in [0.2, 0.25) is 0 Å². The summed E-state index contributed by atoms with van der Waals surface area (Å²) >= 11 is 1.88. The minimum atomic E-state index is 0.315. The first-order chi connectivity index (χ1) is 8.75. The van der Waals surface area contributed by atoms with E-state index >= 15 is 0 Å². The molecule has 3 rings (SSSR count). The van der Waals surface area contributed by atoms with Crippen LogP contribution in [-0.2, 0) is 0 Å². The highest BCUT2D eigenvalue weighted by molar-refractivity contribution is 7.19. The average Bonchev–Trinajstić information content (AvgIpc) is 2.98. The Morgan fingerprint density at radius 2 is 1.83 bits per heavy atom. The van der Waals surface area contributed by atoms with Gasteiger partial charge in [0, 0.05) is 22.0 Å². The van der Waals surface area contributed by atoms with Crippen molar-refractivity contribution in [1.29, 1.82) is 0 Å². The van der Waals surface area contributed by atoms with Gasteiger partial charge in [-0.05, 0) is 43.0 Å². The fourth-order valence-electron chi connectivity index (χ4n) is 2.31. The van der Waals surface area contributed by atoms with Crippen molar-refractivity contribution >= 4 is 21.4 Å². The monoisotopic (exact) mass is 256 g/mol. The zero-order valence-electron chi connectivity index (χ0n) is 10.6. The third-order valence-electron chi connectivity index (χ3n) is 3.22. The van der Waals surface area contributed by atoms with E-state index < -0.39 is 0 Å². The maximum Gasteiger partial charge on any atom is 0.0740 e. The van der Waals surface area contributed by atoms with Crippen LogP contribution in [0.1, 0.15) is 23.4 Å². The molecule has 1 aromatic carbocycles. The number of aromatic nitrogens is 1. The Hall–Kier alpha value is -1.74. The quantitative estimate of drug-likeness (QED) is 0.738. The molecule has 0 aliphatic carbocycles. The molecule has 0 fully saturated rings. The van der Waals surface area contributed by atoms with E-state index in [4.69, 9.17) is 0 Å². The van der Waals surface area contributed by atoms with E-state index in [-0.39, 0.29) is 0 Å². The maximum absolute atomic E-state index is 3.47. The predicted molar refractivity (Wildman–Crippen MR) is 78.8 cm³/mol. The van der Waals surface area contributed by atoms with E-state index in [1.807, 2.05) is 40.5 Å². The lowest BCUT2D eigenvalue weighted by Gasteiger charge is -2.15. The Bertz CT molecular complexity index is 652. The fraction of sp³-hybridized carbons (Fsp3) is 0.200. The summed E-state index contributed by atoms with van der Waals surface area (Å²) in [4.78, 5) is 1.41. The first kappa shape index (κ1) is 11.4. The molecule has 1 unspecified atom stereocenters. The van der Waals surface area contributed by atoms with Crippen molar-refractivity contribution in [3.05, 3.63) is 59.2 Å². The molecule has 0 saturated heterocycles. The van der Waals surface area contributed by atoms with Crippen molar-refractivity contribution in [2.24, 2.45) is 0 Å². The molecule has 0 aliphatic heterocycles. The highest BCUT2D eigenvalue weighted by Gasteiger charge is 2.13. The maximum atomic E-state index is 3.47. The summed E-state index contributed by atoms with van der Waals surface area (Å²) in [5.41, 5.74) is 4.86. The molecule has 0 spiro atoms. The Kier molecular flexibility index (Phi) is 2.84. The molecule has 1 atom stereocenters. The van der Waals surface area contributed by atoms with Gasteiger partial charge in [-0.2, -0.15) is 0 Å². The smallest absolute Gasteiger partial charge is 0.0740 e. The summed E-state index contributed by atoms with van der Waals surface area (Å²) in [6, 6.07) is 13.0. The third kappa shape index (κ3) is 1.91. The summed E-state index contributed by atoms with van der Waals surface area (Å²) in [7, 11) is 0. The summed E-state index contributed by atoms with van der Waals surface area (Å²) in [6.07, 6.45) is 4.05. The zero-order chi connectivity index (χ0) is 12.5. The minimum absolute atomic E-state index is 0.315. The van der Waals surface area contributed by atoms with Crippen LogP contribution >= 0.6 is 11.3 Å². The van der Waals surface area contributed by atoms with Gasteiger partial charge in [-0.25, -0.2) is 0 Å². The number of thiophene rings is 1. The molecule has 0 amide bonds. The molecular weight excluding hydrogens is 240 g/mol. The van der Waals surface area contributed by atoms with Gasteiger partial charge in [-0.3, -0.25) is 4.68 Å². The fourth-order valence-corrected chi connectivity index (χ4v) is 3.52. The van der Waals surface area contributed by atoms with E-state index in [1.54, 1.807) is 0 Å². The van der Waals surface area contributed by atoms with Crippen molar-refractivity contribution in [3.63, 3.8) is 0 Å². The largest absolute Gasteiger partial charge is 0.318 e. The zero-order valence-corrected chi connectivity index (χ0v) is 11.4. The van der Waals surface area contributed by atoms with Gasteiger partial charge in [-0.15, -0.1) is 11.3 Å². The Morgan fingerprint density at radius 3 is 2.56 bits per heavy atom. The number of nitrogens with one attached hydrogen (secondary N) is 1. The van der Waals surface area contributed by atoms with Crippen LogP contribution in [0.2, 0.25) is 0 Å². The van der Waals surface area contributed by atoms with Gasteiger partial charge in [-0.1, -0.05) is 18.2 Å². The van der Waals surface area contributed by atoms with Crippen LogP contribution in [0.5, 0.6) is 0 Å². The van der Waals surface area contributed by atoms with Gasteiger partial charge in [0.05, 0.1) is 6.04 Å². The molecule has 3 aromatic rings. The SMILES string of the molecule is Cc1c(C(C)Nn2cccc2)sc2ccccc12. The molecule has 2 nitrogen and oxygen atoms in total. The normalized spacial score (nSPS) is 12.8. The van der Waals surface area contributed by atoms with Crippen LogP contribution in [0.25, 0.3) is 10.1 Å². The van der Waals surface area contributed by atoms with E-state index in [9.17, 15) is 0 Å². The van der Waals surface area contributed by atoms with Gasteiger partial charge in [0.15, 0.2) is 0 Å². The molecule has 0 bridgehead atoms. The van der Waals surface area contributed by atoms with Gasteiger partial charge < -0.3 is 5.43 Å². The van der Waals surface area contributed by atoms with E-state index in [1.165, 1.54) is 20.5 Å². The number of aryl methyl sites for hydroxylation is 1. The molecule has 0 saturated carbocycles. The third-order valence-corrected chi connectivity index (χ3v) is 4.68. The Labute approximate surface area is 111 Å². The molecule has 0 radical (unpaired) electrons. The second-order valence-electron chi connectivity index (χ2n) is 4.53. The molecule has 0 aliphatic rings. The average molecular weight is 256 g/mol. The van der Waals surface area contributed by atoms with Crippen molar-refractivity contribution in [3.8, 4) is 0 Å². The number of nitrogens with zero attached hydrogens (tertiary/aromatic N) is 1. The highest BCUT2D eigenvalue weighted by atomic mass is 32.1.